The minimum absolute atomic E-state index is 0.558. The Morgan fingerprint density at radius 3 is 2.66 bits per heavy atom. The topological polar surface area (TPSA) is 81.0 Å². The molecule has 1 saturated heterocycles. The van der Waals surface area contributed by atoms with Crippen molar-refractivity contribution in [3.8, 4) is 5.69 Å². The second kappa shape index (κ2) is 7.76. The van der Waals surface area contributed by atoms with Crippen LogP contribution in [0.15, 0.2) is 59.5 Å². The fraction of sp³-hybridized carbons (Fsp3) is 0.200. The van der Waals surface area contributed by atoms with Crippen LogP contribution < -0.4 is 10.2 Å². The molecule has 29 heavy (non-hydrogen) atoms. The second-order valence-electron chi connectivity index (χ2n) is 6.66. The highest BCUT2D eigenvalue weighted by Gasteiger charge is 2.15. The molecule has 2 aromatic carbocycles. The smallest absolute Gasteiger partial charge is 0.245 e. The van der Waals surface area contributed by atoms with Gasteiger partial charge in [0, 0.05) is 34.8 Å². The molecule has 1 fully saturated rings. The fourth-order valence-electron chi connectivity index (χ4n) is 3.18. The van der Waals surface area contributed by atoms with Gasteiger partial charge in [0.2, 0.25) is 11.9 Å². The van der Waals surface area contributed by atoms with Crippen molar-refractivity contribution < 1.29 is 4.74 Å². The van der Waals surface area contributed by atoms with Crippen molar-refractivity contribution in [2.75, 3.05) is 36.5 Å². The quantitative estimate of drug-likeness (QED) is 0.507. The molecule has 0 amide bonds. The lowest BCUT2D eigenvalue weighted by Gasteiger charge is -2.25. The van der Waals surface area contributed by atoms with Crippen LogP contribution in [-0.2, 0) is 4.74 Å². The van der Waals surface area contributed by atoms with E-state index in [0.717, 1.165) is 45.8 Å². The predicted octanol–water partition coefficient (Wildman–Crippen LogP) is 3.55. The molecule has 1 N–H and O–H groups in total. The van der Waals surface area contributed by atoms with Gasteiger partial charge in [-0.15, -0.1) is 5.10 Å². The monoisotopic (exact) mass is 451 g/mol. The third-order valence-electron chi connectivity index (χ3n) is 4.70. The molecule has 8 nitrogen and oxygen atoms in total. The van der Waals surface area contributed by atoms with Gasteiger partial charge in [0.15, 0.2) is 0 Å². The average Bonchev–Trinajstić information content (AvgIpc) is 3.25. The van der Waals surface area contributed by atoms with Gasteiger partial charge in [-0.1, -0.05) is 15.9 Å². The van der Waals surface area contributed by atoms with Crippen molar-refractivity contribution in [2.45, 2.75) is 0 Å². The van der Waals surface area contributed by atoms with Crippen LogP contribution in [0.1, 0.15) is 0 Å². The van der Waals surface area contributed by atoms with Crippen LogP contribution >= 0.6 is 15.9 Å². The number of benzene rings is 2. The minimum atomic E-state index is 0.558. The van der Waals surface area contributed by atoms with E-state index in [0.29, 0.717) is 19.2 Å². The molecule has 5 rings (SSSR count). The molecule has 0 unspecified atom stereocenters. The highest BCUT2D eigenvalue weighted by atomic mass is 79.9. The molecule has 0 aliphatic carbocycles. The number of nitrogens with one attached hydrogen (secondary N) is 1. The van der Waals surface area contributed by atoms with Crippen molar-refractivity contribution in [1.82, 2.24) is 24.7 Å². The molecule has 1 aliphatic rings. The summed E-state index contributed by atoms with van der Waals surface area (Å²) in [6, 6.07) is 13.8. The van der Waals surface area contributed by atoms with E-state index < -0.39 is 0 Å². The first-order valence-electron chi connectivity index (χ1n) is 9.29. The first-order chi connectivity index (χ1) is 14.2. The highest BCUT2D eigenvalue weighted by molar-refractivity contribution is 9.10. The Morgan fingerprint density at radius 2 is 1.83 bits per heavy atom. The first-order valence-corrected chi connectivity index (χ1v) is 10.1. The highest BCUT2D eigenvalue weighted by Crippen LogP contribution is 2.21. The molecule has 3 heterocycles. The van der Waals surface area contributed by atoms with E-state index in [4.69, 9.17) is 4.74 Å². The molecule has 9 heteroatoms. The molecule has 2 aromatic heterocycles. The molecule has 0 saturated carbocycles. The first kappa shape index (κ1) is 18.0. The van der Waals surface area contributed by atoms with Gasteiger partial charge in [0.1, 0.15) is 6.33 Å². The van der Waals surface area contributed by atoms with E-state index in [1.54, 1.807) is 11.0 Å². The summed E-state index contributed by atoms with van der Waals surface area (Å²) in [6.07, 6.45) is 3.55. The second-order valence-corrected chi connectivity index (χ2v) is 7.57. The van der Waals surface area contributed by atoms with E-state index in [1.807, 2.05) is 48.7 Å². The van der Waals surface area contributed by atoms with Crippen LogP contribution in [0, 0.1) is 0 Å². The Bertz CT molecular complexity index is 1140. The number of anilines is 3. The molecule has 0 atom stereocenters. The van der Waals surface area contributed by atoms with E-state index in [1.165, 1.54) is 0 Å². The van der Waals surface area contributed by atoms with Gasteiger partial charge in [0.05, 0.1) is 24.4 Å². The number of halogens is 1. The van der Waals surface area contributed by atoms with Crippen molar-refractivity contribution in [2.24, 2.45) is 0 Å². The van der Waals surface area contributed by atoms with Crippen LogP contribution in [0.5, 0.6) is 0 Å². The number of fused-ring (bicyclic) bond motifs is 1. The van der Waals surface area contributed by atoms with E-state index in [2.05, 4.69) is 46.2 Å². The zero-order valence-electron chi connectivity index (χ0n) is 15.5. The molecular weight excluding hydrogens is 434 g/mol. The SMILES string of the molecule is Brc1ccc2nc(Nc3ccc(-n4cnc(N5CCOCC5)n4)cc3)ncc2c1. The van der Waals surface area contributed by atoms with Gasteiger partial charge in [-0.3, -0.25) is 0 Å². The van der Waals surface area contributed by atoms with Gasteiger partial charge in [-0.25, -0.2) is 14.6 Å². The number of ether oxygens (including phenoxy) is 1. The van der Waals surface area contributed by atoms with Crippen LogP contribution in [-0.4, -0.2) is 51.0 Å². The summed E-state index contributed by atoms with van der Waals surface area (Å²) in [4.78, 5) is 15.5. The number of aromatic nitrogens is 5. The standard InChI is InChI=1S/C20H18BrN7O/c21-15-1-6-18-14(11-15)12-22-19(25-18)24-16-2-4-17(5-3-16)28-13-23-20(26-28)27-7-9-29-10-8-27/h1-6,11-13H,7-10H2,(H,22,24,25). The molecule has 0 spiro atoms. The van der Waals surface area contributed by atoms with E-state index in [9.17, 15) is 0 Å². The summed E-state index contributed by atoms with van der Waals surface area (Å²) >= 11 is 3.46. The lowest BCUT2D eigenvalue weighted by molar-refractivity contribution is 0.122. The fourth-order valence-corrected chi connectivity index (χ4v) is 3.56. The predicted molar refractivity (Wildman–Crippen MR) is 115 cm³/mol. The van der Waals surface area contributed by atoms with Crippen LogP contribution in [0.3, 0.4) is 0 Å². The Morgan fingerprint density at radius 1 is 1.00 bits per heavy atom. The molecule has 0 bridgehead atoms. The van der Waals surface area contributed by atoms with E-state index >= 15 is 0 Å². The molecule has 1 aliphatic heterocycles. The Kier molecular flexibility index (Phi) is 4.82. The summed E-state index contributed by atoms with van der Waals surface area (Å²) in [5.74, 6) is 1.29. The summed E-state index contributed by atoms with van der Waals surface area (Å²) in [6.45, 7) is 3.05. The Hall–Kier alpha value is -3.04. The van der Waals surface area contributed by atoms with Gasteiger partial charge < -0.3 is 15.0 Å². The average molecular weight is 452 g/mol. The maximum atomic E-state index is 5.38. The lowest BCUT2D eigenvalue weighted by Crippen LogP contribution is -2.37. The maximum absolute atomic E-state index is 5.38. The van der Waals surface area contributed by atoms with Crippen molar-refractivity contribution in [1.29, 1.82) is 0 Å². The van der Waals surface area contributed by atoms with Crippen LogP contribution in [0.2, 0.25) is 0 Å². The number of nitrogens with zero attached hydrogens (tertiary/aromatic N) is 6. The van der Waals surface area contributed by atoms with Gasteiger partial charge in [0.25, 0.3) is 0 Å². The van der Waals surface area contributed by atoms with Crippen LogP contribution in [0.4, 0.5) is 17.6 Å². The largest absolute Gasteiger partial charge is 0.378 e. The number of hydrogen-bond acceptors (Lipinski definition) is 7. The Balaban J connectivity index is 1.31. The van der Waals surface area contributed by atoms with Crippen molar-refractivity contribution in [3.05, 3.63) is 59.5 Å². The Labute approximate surface area is 175 Å². The summed E-state index contributed by atoms with van der Waals surface area (Å²) in [5.41, 5.74) is 2.73. The van der Waals surface area contributed by atoms with E-state index in [-0.39, 0.29) is 0 Å². The maximum Gasteiger partial charge on any atom is 0.245 e. The summed E-state index contributed by atoms with van der Waals surface area (Å²) < 4.78 is 8.17. The van der Waals surface area contributed by atoms with Crippen LogP contribution in [0.25, 0.3) is 16.6 Å². The summed E-state index contributed by atoms with van der Waals surface area (Å²) in [7, 11) is 0. The van der Waals surface area contributed by atoms with Crippen molar-refractivity contribution in [3.63, 3.8) is 0 Å². The zero-order chi connectivity index (χ0) is 19.6. The number of hydrogen-bond donors (Lipinski definition) is 1. The number of rotatable bonds is 4. The minimum Gasteiger partial charge on any atom is -0.378 e. The van der Waals surface area contributed by atoms with Gasteiger partial charge >= 0.3 is 0 Å². The molecule has 146 valence electrons. The summed E-state index contributed by atoms with van der Waals surface area (Å²) in [5, 5.41) is 8.82. The van der Waals surface area contributed by atoms with Crippen molar-refractivity contribution >= 4 is 44.4 Å². The van der Waals surface area contributed by atoms with Gasteiger partial charge in [-0.2, -0.15) is 4.98 Å². The van der Waals surface area contributed by atoms with Gasteiger partial charge in [-0.05, 0) is 42.5 Å². The third-order valence-corrected chi connectivity index (χ3v) is 5.20. The molecular formula is C20H18BrN7O. The third kappa shape index (κ3) is 3.92. The molecule has 0 radical (unpaired) electrons. The lowest BCUT2D eigenvalue weighted by atomic mass is 10.2. The normalized spacial score (nSPS) is 14.3. The zero-order valence-corrected chi connectivity index (χ0v) is 17.1. The number of morpholine rings is 1. The molecule has 4 aromatic rings.